The Morgan fingerprint density at radius 3 is 2.68 bits per heavy atom. The van der Waals surface area contributed by atoms with Gasteiger partial charge in [0.15, 0.2) is 0 Å². The van der Waals surface area contributed by atoms with Crippen molar-refractivity contribution in [1.82, 2.24) is 10.6 Å². The molecule has 0 bridgehead atoms. The molecule has 2 N–H and O–H groups in total. The third-order valence-electron chi connectivity index (χ3n) is 5.59. The smallest absolute Gasteiger partial charge is 0.268 e. The molecule has 3 aromatic rings. The molecule has 4 rings (SSSR count). The van der Waals surface area contributed by atoms with Crippen molar-refractivity contribution in [3.05, 3.63) is 87.2 Å². The molecule has 0 spiro atoms. The summed E-state index contributed by atoms with van der Waals surface area (Å²) in [6.45, 7) is 5.89. The van der Waals surface area contributed by atoms with Crippen LogP contribution in [0, 0.1) is 6.92 Å². The first-order valence-corrected chi connectivity index (χ1v) is 11.9. The number of benzene rings is 2. The second kappa shape index (κ2) is 9.73. The standard InChI is InChI=1S/C27H28N2O4S/c1-17-7-5-8-18(13-17)25(30)28-22(15-20-9-6-12-34-20)26(31)29-23-16-27(2,3)33-24-14-19(32-4)10-11-21(23)24/h5-15,23H,16H2,1-4H3,(H,28,30)(H,29,31)/b22-15-/t23-/m1/s1. The van der Waals surface area contributed by atoms with E-state index in [0.29, 0.717) is 23.5 Å². The van der Waals surface area contributed by atoms with E-state index in [4.69, 9.17) is 9.47 Å². The molecule has 1 aliphatic rings. The van der Waals surface area contributed by atoms with Gasteiger partial charge < -0.3 is 20.1 Å². The zero-order chi connectivity index (χ0) is 24.3. The van der Waals surface area contributed by atoms with Crippen LogP contribution in [-0.2, 0) is 4.79 Å². The Balaban J connectivity index is 1.62. The molecular formula is C27H28N2O4S. The molecule has 0 saturated carbocycles. The molecule has 34 heavy (non-hydrogen) atoms. The summed E-state index contributed by atoms with van der Waals surface area (Å²) in [7, 11) is 1.60. The highest BCUT2D eigenvalue weighted by Crippen LogP contribution is 2.41. The molecule has 0 radical (unpaired) electrons. The largest absolute Gasteiger partial charge is 0.497 e. The number of hydrogen-bond acceptors (Lipinski definition) is 5. The maximum absolute atomic E-state index is 13.5. The fourth-order valence-electron chi connectivity index (χ4n) is 3.98. The van der Waals surface area contributed by atoms with Gasteiger partial charge in [-0.05, 0) is 62.6 Å². The van der Waals surface area contributed by atoms with Crippen molar-refractivity contribution in [3.8, 4) is 11.5 Å². The van der Waals surface area contributed by atoms with Gasteiger partial charge in [0.2, 0.25) is 0 Å². The number of fused-ring (bicyclic) bond motifs is 1. The Morgan fingerprint density at radius 2 is 1.97 bits per heavy atom. The summed E-state index contributed by atoms with van der Waals surface area (Å²) in [6.07, 6.45) is 2.28. The predicted octanol–water partition coefficient (Wildman–Crippen LogP) is 5.25. The number of methoxy groups -OCH3 is 1. The van der Waals surface area contributed by atoms with Crippen molar-refractivity contribution in [2.75, 3.05) is 7.11 Å². The Labute approximate surface area is 203 Å². The van der Waals surface area contributed by atoms with Crippen LogP contribution in [0.25, 0.3) is 6.08 Å². The lowest BCUT2D eigenvalue weighted by molar-refractivity contribution is -0.119. The van der Waals surface area contributed by atoms with Crippen LogP contribution in [0.2, 0.25) is 0 Å². The summed E-state index contributed by atoms with van der Waals surface area (Å²) in [5.41, 5.74) is 2.04. The number of aryl methyl sites for hydroxylation is 1. The highest BCUT2D eigenvalue weighted by Gasteiger charge is 2.35. The average molecular weight is 477 g/mol. The van der Waals surface area contributed by atoms with Gasteiger partial charge in [0.05, 0.1) is 13.2 Å². The number of rotatable bonds is 6. The third kappa shape index (κ3) is 5.48. The summed E-state index contributed by atoms with van der Waals surface area (Å²) in [5, 5.41) is 7.85. The van der Waals surface area contributed by atoms with E-state index < -0.39 is 5.60 Å². The fourth-order valence-corrected chi connectivity index (χ4v) is 4.64. The van der Waals surface area contributed by atoms with E-state index in [1.807, 2.05) is 68.6 Å². The van der Waals surface area contributed by atoms with Crippen LogP contribution < -0.4 is 20.1 Å². The van der Waals surface area contributed by atoms with Gasteiger partial charge in [-0.3, -0.25) is 9.59 Å². The highest BCUT2D eigenvalue weighted by atomic mass is 32.1. The van der Waals surface area contributed by atoms with Crippen LogP contribution in [0.1, 0.15) is 52.7 Å². The molecule has 176 valence electrons. The molecule has 0 saturated heterocycles. The maximum Gasteiger partial charge on any atom is 0.268 e. The van der Waals surface area contributed by atoms with E-state index in [1.54, 1.807) is 25.3 Å². The van der Waals surface area contributed by atoms with E-state index in [-0.39, 0.29) is 23.6 Å². The predicted molar refractivity (Wildman–Crippen MR) is 134 cm³/mol. The van der Waals surface area contributed by atoms with Crippen LogP contribution >= 0.6 is 11.3 Å². The van der Waals surface area contributed by atoms with E-state index in [1.165, 1.54) is 11.3 Å². The summed E-state index contributed by atoms with van der Waals surface area (Å²) >= 11 is 1.49. The van der Waals surface area contributed by atoms with Gasteiger partial charge in [0, 0.05) is 28.5 Å². The summed E-state index contributed by atoms with van der Waals surface area (Å²) in [6, 6.07) is 16.4. The van der Waals surface area contributed by atoms with Gasteiger partial charge in [-0.2, -0.15) is 0 Å². The molecule has 2 amide bonds. The number of carbonyl (C=O) groups is 2. The molecule has 0 unspecified atom stereocenters. The minimum Gasteiger partial charge on any atom is -0.497 e. The van der Waals surface area contributed by atoms with Crippen LogP contribution in [0.4, 0.5) is 0 Å². The molecule has 1 aliphatic heterocycles. The zero-order valence-corrected chi connectivity index (χ0v) is 20.5. The molecule has 1 aromatic heterocycles. The van der Waals surface area contributed by atoms with Gasteiger partial charge in [0.1, 0.15) is 22.8 Å². The van der Waals surface area contributed by atoms with Crippen LogP contribution in [-0.4, -0.2) is 24.5 Å². The molecule has 0 fully saturated rings. The van der Waals surface area contributed by atoms with Crippen molar-refractivity contribution in [2.24, 2.45) is 0 Å². The van der Waals surface area contributed by atoms with Gasteiger partial charge in [0.25, 0.3) is 11.8 Å². The Kier molecular flexibility index (Phi) is 6.75. The van der Waals surface area contributed by atoms with Crippen LogP contribution in [0.3, 0.4) is 0 Å². The average Bonchev–Trinajstić information content (AvgIpc) is 3.30. The SMILES string of the molecule is COc1ccc2c(c1)OC(C)(C)C[C@H]2NC(=O)/C(=C/c1cccs1)NC(=O)c1cccc(C)c1. The van der Waals surface area contributed by atoms with E-state index in [9.17, 15) is 9.59 Å². The Bertz CT molecular complexity index is 1230. The first-order chi connectivity index (χ1) is 16.2. The van der Waals surface area contributed by atoms with E-state index in [2.05, 4.69) is 10.6 Å². The minimum atomic E-state index is -0.486. The first kappa shape index (κ1) is 23.6. The first-order valence-electron chi connectivity index (χ1n) is 11.0. The van der Waals surface area contributed by atoms with Crippen molar-refractivity contribution in [3.63, 3.8) is 0 Å². The van der Waals surface area contributed by atoms with Gasteiger partial charge in [-0.1, -0.05) is 23.8 Å². The number of nitrogens with one attached hydrogen (secondary N) is 2. The maximum atomic E-state index is 13.5. The van der Waals surface area contributed by atoms with Gasteiger partial charge in [-0.25, -0.2) is 0 Å². The summed E-state index contributed by atoms with van der Waals surface area (Å²) in [4.78, 5) is 27.3. The van der Waals surface area contributed by atoms with Crippen molar-refractivity contribution in [2.45, 2.75) is 38.8 Å². The lowest BCUT2D eigenvalue weighted by Crippen LogP contribution is -2.43. The molecule has 2 heterocycles. The molecular weight excluding hydrogens is 448 g/mol. The highest BCUT2D eigenvalue weighted by molar-refractivity contribution is 7.10. The fraction of sp³-hybridized carbons (Fsp3) is 0.259. The molecule has 6 nitrogen and oxygen atoms in total. The monoisotopic (exact) mass is 476 g/mol. The number of ether oxygens (including phenoxy) is 2. The van der Waals surface area contributed by atoms with Crippen LogP contribution in [0.5, 0.6) is 11.5 Å². The minimum absolute atomic E-state index is 0.188. The lowest BCUT2D eigenvalue weighted by atomic mass is 9.89. The van der Waals surface area contributed by atoms with Crippen LogP contribution in [0.15, 0.2) is 65.7 Å². The molecule has 2 aromatic carbocycles. The normalized spacial score (nSPS) is 16.7. The summed E-state index contributed by atoms with van der Waals surface area (Å²) in [5.74, 6) is 0.664. The summed E-state index contributed by atoms with van der Waals surface area (Å²) < 4.78 is 11.5. The van der Waals surface area contributed by atoms with Crippen molar-refractivity contribution >= 4 is 29.2 Å². The van der Waals surface area contributed by atoms with Gasteiger partial charge >= 0.3 is 0 Å². The zero-order valence-electron chi connectivity index (χ0n) is 19.7. The van der Waals surface area contributed by atoms with Gasteiger partial charge in [-0.15, -0.1) is 11.3 Å². The lowest BCUT2D eigenvalue weighted by Gasteiger charge is -2.38. The van der Waals surface area contributed by atoms with E-state index in [0.717, 1.165) is 16.0 Å². The number of thiophene rings is 1. The van der Waals surface area contributed by atoms with E-state index >= 15 is 0 Å². The molecule has 7 heteroatoms. The molecule has 1 atom stereocenters. The second-order valence-corrected chi connectivity index (χ2v) is 9.87. The Morgan fingerprint density at radius 1 is 1.15 bits per heavy atom. The quantitative estimate of drug-likeness (QED) is 0.476. The topological polar surface area (TPSA) is 76.7 Å². The number of hydrogen-bond donors (Lipinski definition) is 2. The molecule has 0 aliphatic carbocycles. The van der Waals surface area contributed by atoms with Crippen molar-refractivity contribution < 1.29 is 19.1 Å². The number of carbonyl (C=O) groups excluding carboxylic acids is 2. The Hall–Kier alpha value is -3.58. The second-order valence-electron chi connectivity index (χ2n) is 8.89. The van der Waals surface area contributed by atoms with Crippen molar-refractivity contribution in [1.29, 1.82) is 0 Å². The number of amides is 2. The third-order valence-corrected chi connectivity index (χ3v) is 6.41.